The summed E-state index contributed by atoms with van der Waals surface area (Å²) < 4.78 is 6.54. The minimum absolute atomic E-state index is 0. The van der Waals surface area contributed by atoms with E-state index in [4.69, 9.17) is 4.74 Å². The Kier molecular flexibility index (Phi) is 7.67. The maximum absolute atomic E-state index is 5.32. The molecule has 20 heavy (non-hydrogen) atoms. The van der Waals surface area contributed by atoms with Gasteiger partial charge in [-0.1, -0.05) is 45.0 Å². The van der Waals surface area contributed by atoms with Crippen molar-refractivity contribution in [3.05, 3.63) is 76.4 Å². The van der Waals surface area contributed by atoms with Crippen molar-refractivity contribution in [3.63, 3.8) is 0 Å². The Morgan fingerprint density at radius 2 is 1.65 bits per heavy atom. The van der Waals surface area contributed by atoms with Gasteiger partial charge < -0.3 is 4.74 Å². The quantitative estimate of drug-likeness (QED) is 0.320. The van der Waals surface area contributed by atoms with Crippen LogP contribution in [0.4, 0.5) is 0 Å². The number of methoxy groups -OCH3 is 1. The largest absolute Gasteiger partial charge is 2.00 e. The standard InChI is InChI=1S/C12H10IO.C5H5.Fe/c1-14-11-8-7-10(13)12(11)9-5-3-2-4-6-9;1-2-4-5-3-1;/h2-8H,1H3;1-5H;/q2*-1;+2. The van der Waals surface area contributed by atoms with Gasteiger partial charge in [0.25, 0.3) is 0 Å². The number of ether oxygens (including phenoxy) is 1. The molecule has 0 spiro atoms. The summed E-state index contributed by atoms with van der Waals surface area (Å²) in [5, 5.41) is 0. The molecule has 3 heteroatoms. The van der Waals surface area contributed by atoms with Crippen molar-refractivity contribution in [2.24, 2.45) is 0 Å². The van der Waals surface area contributed by atoms with Crippen molar-refractivity contribution in [1.29, 1.82) is 0 Å². The molecule has 0 aliphatic heterocycles. The molecule has 0 aliphatic rings. The van der Waals surface area contributed by atoms with Crippen LogP contribution < -0.4 is 4.74 Å². The van der Waals surface area contributed by atoms with Crippen LogP contribution in [-0.2, 0) is 17.1 Å². The van der Waals surface area contributed by atoms with Gasteiger partial charge in [-0.3, -0.25) is 0 Å². The molecular formula is C17H15FeIO. The van der Waals surface area contributed by atoms with E-state index in [1.165, 1.54) is 14.7 Å². The maximum atomic E-state index is 5.32. The SMILES string of the molecule is CO[c-]1ccc(I)c1-c1ccccc1.[Fe+2].c1cc[cH-]c1. The zero-order valence-corrected chi connectivity index (χ0v) is 14.3. The van der Waals surface area contributed by atoms with E-state index in [0.717, 1.165) is 5.75 Å². The second-order valence-electron chi connectivity index (χ2n) is 3.95. The van der Waals surface area contributed by atoms with Gasteiger partial charge in [-0.05, 0) is 0 Å². The molecule has 0 aromatic heterocycles. The van der Waals surface area contributed by atoms with Gasteiger partial charge in [-0.25, -0.2) is 12.1 Å². The molecule has 3 aromatic rings. The van der Waals surface area contributed by atoms with Crippen molar-refractivity contribution in [2.75, 3.05) is 7.11 Å². The molecule has 0 radical (unpaired) electrons. The Morgan fingerprint density at radius 3 is 2.15 bits per heavy atom. The van der Waals surface area contributed by atoms with E-state index in [0.29, 0.717) is 0 Å². The number of hydrogen-bond acceptors (Lipinski definition) is 1. The summed E-state index contributed by atoms with van der Waals surface area (Å²) >= 11 is 2.33. The first-order valence-corrected chi connectivity index (χ1v) is 7.12. The van der Waals surface area contributed by atoms with Crippen LogP contribution in [0.1, 0.15) is 0 Å². The molecule has 3 aromatic carbocycles. The number of rotatable bonds is 2. The van der Waals surface area contributed by atoms with Crippen LogP contribution in [0.5, 0.6) is 5.75 Å². The van der Waals surface area contributed by atoms with Gasteiger partial charge in [-0.2, -0.15) is 24.3 Å². The molecule has 0 fully saturated rings. The van der Waals surface area contributed by atoms with Crippen LogP contribution in [0.15, 0.2) is 72.8 Å². The van der Waals surface area contributed by atoms with Crippen molar-refractivity contribution in [1.82, 2.24) is 0 Å². The molecule has 0 saturated carbocycles. The van der Waals surface area contributed by atoms with Crippen molar-refractivity contribution >= 4 is 22.6 Å². The van der Waals surface area contributed by atoms with E-state index in [9.17, 15) is 0 Å². The van der Waals surface area contributed by atoms with Crippen LogP contribution in [0.25, 0.3) is 11.1 Å². The first kappa shape index (κ1) is 17.0. The van der Waals surface area contributed by atoms with Gasteiger partial charge in [-0.15, -0.1) is 28.7 Å². The number of halogens is 1. The minimum atomic E-state index is 0. The van der Waals surface area contributed by atoms with Crippen LogP contribution >= 0.6 is 22.6 Å². The normalized spacial score (nSPS) is 9.10. The molecular weight excluding hydrogens is 403 g/mol. The molecule has 0 saturated heterocycles. The topological polar surface area (TPSA) is 9.23 Å². The van der Waals surface area contributed by atoms with Crippen molar-refractivity contribution < 1.29 is 21.8 Å². The van der Waals surface area contributed by atoms with Crippen LogP contribution in [0, 0.1) is 3.57 Å². The Hall–Kier alpha value is -1.03. The average molecular weight is 418 g/mol. The summed E-state index contributed by atoms with van der Waals surface area (Å²) in [6, 6.07) is 24.4. The zero-order valence-electron chi connectivity index (χ0n) is 11.1. The fourth-order valence-electron chi connectivity index (χ4n) is 1.81. The number of benzene rings is 1. The van der Waals surface area contributed by atoms with Crippen LogP contribution in [-0.4, -0.2) is 7.11 Å². The molecule has 0 bridgehead atoms. The van der Waals surface area contributed by atoms with Gasteiger partial charge >= 0.3 is 17.1 Å². The van der Waals surface area contributed by atoms with Crippen molar-refractivity contribution in [2.45, 2.75) is 0 Å². The molecule has 1 nitrogen and oxygen atoms in total. The monoisotopic (exact) mass is 418 g/mol. The van der Waals surface area contributed by atoms with Gasteiger partial charge in [0.15, 0.2) is 0 Å². The summed E-state index contributed by atoms with van der Waals surface area (Å²) in [5.41, 5.74) is 2.40. The van der Waals surface area contributed by atoms with Gasteiger partial charge in [0.2, 0.25) is 0 Å². The molecule has 0 N–H and O–H groups in total. The fourth-order valence-corrected chi connectivity index (χ4v) is 2.57. The smallest absolute Gasteiger partial charge is 0.540 e. The van der Waals surface area contributed by atoms with Gasteiger partial charge in [0.1, 0.15) is 0 Å². The first-order chi connectivity index (χ1) is 9.33. The van der Waals surface area contributed by atoms with E-state index in [1.807, 2.05) is 54.6 Å². The van der Waals surface area contributed by atoms with Gasteiger partial charge in [0.05, 0.1) is 7.11 Å². The third-order valence-electron chi connectivity index (χ3n) is 2.70. The second kappa shape index (κ2) is 9.01. The van der Waals surface area contributed by atoms with Gasteiger partial charge in [0, 0.05) is 5.75 Å². The minimum Gasteiger partial charge on any atom is -0.540 e. The average Bonchev–Trinajstić information content (AvgIpc) is 3.12. The molecule has 0 heterocycles. The fraction of sp³-hybridized carbons (Fsp3) is 0.0588. The summed E-state index contributed by atoms with van der Waals surface area (Å²) in [6.07, 6.45) is 0. The summed E-state index contributed by atoms with van der Waals surface area (Å²) in [6.45, 7) is 0. The Morgan fingerprint density at radius 1 is 1.00 bits per heavy atom. The zero-order chi connectivity index (χ0) is 13.5. The predicted octanol–water partition coefficient (Wildman–Crippen LogP) is 5.09. The molecule has 0 amide bonds. The molecule has 0 aliphatic carbocycles. The molecule has 3 rings (SSSR count). The molecule has 0 unspecified atom stereocenters. The summed E-state index contributed by atoms with van der Waals surface area (Å²) in [7, 11) is 1.71. The van der Waals surface area contributed by atoms with Crippen LogP contribution in [0.2, 0.25) is 0 Å². The van der Waals surface area contributed by atoms with E-state index >= 15 is 0 Å². The van der Waals surface area contributed by atoms with Crippen molar-refractivity contribution in [3.8, 4) is 16.9 Å². The predicted molar refractivity (Wildman–Crippen MR) is 88.8 cm³/mol. The maximum Gasteiger partial charge on any atom is 2.00 e. The number of hydrogen-bond donors (Lipinski definition) is 0. The Balaban J connectivity index is 0.000000283. The van der Waals surface area contributed by atoms with E-state index < -0.39 is 0 Å². The Bertz CT molecular complexity index is 568. The third-order valence-corrected chi connectivity index (χ3v) is 3.60. The van der Waals surface area contributed by atoms with E-state index in [-0.39, 0.29) is 17.1 Å². The third kappa shape index (κ3) is 4.51. The summed E-state index contributed by atoms with van der Waals surface area (Å²) in [4.78, 5) is 0. The second-order valence-corrected chi connectivity index (χ2v) is 5.12. The molecule has 104 valence electrons. The molecule has 0 atom stereocenters. The Labute approximate surface area is 144 Å². The first-order valence-electron chi connectivity index (χ1n) is 6.04. The van der Waals surface area contributed by atoms with E-state index in [1.54, 1.807) is 7.11 Å². The van der Waals surface area contributed by atoms with Crippen LogP contribution in [0.3, 0.4) is 0 Å². The summed E-state index contributed by atoms with van der Waals surface area (Å²) in [5.74, 6) is 0.945. The van der Waals surface area contributed by atoms with E-state index in [2.05, 4.69) is 40.8 Å².